The van der Waals surface area contributed by atoms with Gasteiger partial charge in [0.15, 0.2) is 11.5 Å². The van der Waals surface area contributed by atoms with Crippen LogP contribution in [0.3, 0.4) is 0 Å². The molecule has 0 spiro atoms. The van der Waals surface area contributed by atoms with Crippen molar-refractivity contribution >= 4 is 29.8 Å². The van der Waals surface area contributed by atoms with Crippen molar-refractivity contribution in [1.29, 1.82) is 0 Å². The molecule has 1 N–H and O–H groups in total. The number of carbonyl (C=O) groups is 2. The van der Waals surface area contributed by atoms with E-state index in [4.69, 9.17) is 21.1 Å². The molecule has 11 heteroatoms. The molecule has 1 fully saturated rings. The van der Waals surface area contributed by atoms with Crippen molar-refractivity contribution in [3.8, 4) is 17.2 Å². The van der Waals surface area contributed by atoms with Crippen LogP contribution in [0.25, 0.3) is 0 Å². The minimum Gasteiger partial charge on any atom is -0.493 e. The molecule has 0 unspecified atom stereocenters. The number of imide groups is 1. The molecular weight excluding hydrogens is 508 g/mol. The molecule has 1 saturated heterocycles. The van der Waals surface area contributed by atoms with Gasteiger partial charge in [0.2, 0.25) is 0 Å². The molecule has 1 aliphatic rings. The number of hydrogen-bond acceptors (Lipinski definition) is 6. The van der Waals surface area contributed by atoms with Gasteiger partial charge in [0, 0.05) is 5.02 Å². The first-order valence-corrected chi connectivity index (χ1v) is 11.4. The lowest BCUT2D eigenvalue weighted by molar-refractivity contribution is -0.131. The molecule has 0 aliphatic carbocycles. The molecule has 0 radical (unpaired) electrons. The number of ether oxygens (including phenoxy) is 3. The van der Waals surface area contributed by atoms with E-state index in [1.165, 1.54) is 44.5 Å². The van der Waals surface area contributed by atoms with Crippen LogP contribution >= 0.6 is 11.6 Å². The summed E-state index contributed by atoms with van der Waals surface area (Å²) in [5, 5.41) is 7.99. The normalized spacial score (nSPS) is 17.4. The smallest absolute Gasteiger partial charge is 0.387 e. The Hall–Kier alpha value is -4.18. The highest BCUT2D eigenvalue weighted by atomic mass is 35.5. The van der Waals surface area contributed by atoms with Gasteiger partial charge in [-0.05, 0) is 66.1 Å². The summed E-state index contributed by atoms with van der Waals surface area (Å²) in [6, 6.07) is 17.0. The number of halogens is 3. The lowest BCUT2D eigenvalue weighted by atomic mass is 9.92. The van der Waals surface area contributed by atoms with Gasteiger partial charge in [0.1, 0.15) is 17.9 Å². The van der Waals surface area contributed by atoms with Crippen LogP contribution in [0.4, 0.5) is 13.6 Å². The van der Waals surface area contributed by atoms with E-state index in [-0.39, 0.29) is 5.75 Å². The molecule has 0 saturated carbocycles. The third kappa shape index (κ3) is 5.80. The molecular formula is C26H22ClF2N3O5. The summed E-state index contributed by atoms with van der Waals surface area (Å²) in [5.74, 6) is 0.234. The minimum atomic E-state index is -2.97. The molecule has 3 aromatic carbocycles. The number of nitrogens with one attached hydrogen (secondary N) is 1. The number of alkyl halides is 2. The maximum Gasteiger partial charge on any atom is 0.387 e. The van der Waals surface area contributed by atoms with Gasteiger partial charge < -0.3 is 19.5 Å². The van der Waals surface area contributed by atoms with E-state index >= 15 is 0 Å². The molecule has 1 atom stereocenters. The van der Waals surface area contributed by atoms with Gasteiger partial charge in [-0.15, -0.1) is 5.01 Å². The number of nitrogens with zero attached hydrogens (tertiary/aromatic N) is 2. The van der Waals surface area contributed by atoms with Crippen LogP contribution in [0, 0.1) is 0 Å². The highest BCUT2D eigenvalue weighted by Crippen LogP contribution is 2.31. The predicted molar refractivity (Wildman–Crippen MR) is 132 cm³/mol. The van der Waals surface area contributed by atoms with Gasteiger partial charge >= 0.3 is 12.6 Å². The topological polar surface area (TPSA) is 89.5 Å². The average Bonchev–Trinajstić information content (AvgIpc) is 3.10. The van der Waals surface area contributed by atoms with E-state index < -0.39 is 24.1 Å². The van der Waals surface area contributed by atoms with Crippen molar-refractivity contribution in [3.05, 3.63) is 88.4 Å². The summed E-state index contributed by atoms with van der Waals surface area (Å²) in [5.41, 5.74) is 0.428. The second-order valence-electron chi connectivity index (χ2n) is 8.14. The van der Waals surface area contributed by atoms with Gasteiger partial charge in [-0.3, -0.25) is 4.79 Å². The number of urea groups is 1. The first-order valence-electron chi connectivity index (χ1n) is 11.0. The molecule has 0 bridgehead atoms. The molecule has 4 rings (SSSR count). The summed E-state index contributed by atoms with van der Waals surface area (Å²) >= 11 is 5.91. The Morgan fingerprint density at radius 2 is 1.76 bits per heavy atom. The van der Waals surface area contributed by atoms with Crippen LogP contribution in [-0.4, -0.2) is 36.9 Å². The first kappa shape index (κ1) is 25.9. The Morgan fingerprint density at radius 3 is 2.41 bits per heavy atom. The zero-order valence-corrected chi connectivity index (χ0v) is 20.5. The Bertz CT molecular complexity index is 1320. The molecule has 0 aromatic heterocycles. The minimum absolute atomic E-state index is 0.0662. The number of rotatable bonds is 9. The highest BCUT2D eigenvalue weighted by Gasteiger charge is 2.49. The fourth-order valence-corrected chi connectivity index (χ4v) is 3.77. The number of benzene rings is 3. The summed E-state index contributed by atoms with van der Waals surface area (Å²) in [6.07, 6.45) is 1.34. The van der Waals surface area contributed by atoms with Crippen LogP contribution in [0.2, 0.25) is 5.02 Å². The fraction of sp³-hybridized carbons (Fsp3) is 0.192. The zero-order chi connectivity index (χ0) is 26.6. The van der Waals surface area contributed by atoms with Crippen molar-refractivity contribution in [2.45, 2.75) is 25.7 Å². The summed E-state index contributed by atoms with van der Waals surface area (Å²) in [4.78, 5) is 25.6. The van der Waals surface area contributed by atoms with E-state index in [1.54, 1.807) is 30.3 Å². The molecule has 8 nitrogen and oxygen atoms in total. The Labute approximate surface area is 216 Å². The lowest BCUT2D eigenvalue weighted by Gasteiger charge is -2.21. The van der Waals surface area contributed by atoms with Crippen LogP contribution in [0.1, 0.15) is 23.6 Å². The fourth-order valence-electron chi connectivity index (χ4n) is 3.64. The Morgan fingerprint density at radius 1 is 1.05 bits per heavy atom. The van der Waals surface area contributed by atoms with Gasteiger partial charge in [0.25, 0.3) is 5.91 Å². The molecule has 192 valence electrons. The van der Waals surface area contributed by atoms with E-state index in [2.05, 4.69) is 15.2 Å². The van der Waals surface area contributed by atoms with Crippen molar-refractivity contribution < 1.29 is 32.6 Å². The van der Waals surface area contributed by atoms with Gasteiger partial charge in [0.05, 0.1) is 13.3 Å². The van der Waals surface area contributed by atoms with Crippen molar-refractivity contribution in [1.82, 2.24) is 10.3 Å². The van der Waals surface area contributed by atoms with Crippen LogP contribution in [0.15, 0.2) is 71.8 Å². The van der Waals surface area contributed by atoms with Gasteiger partial charge in [-0.1, -0.05) is 35.9 Å². The second-order valence-corrected chi connectivity index (χ2v) is 8.58. The number of methoxy groups -OCH3 is 1. The van der Waals surface area contributed by atoms with E-state index in [0.29, 0.717) is 39.3 Å². The quantitative estimate of drug-likeness (QED) is 0.299. The maximum absolute atomic E-state index is 13.1. The molecule has 37 heavy (non-hydrogen) atoms. The van der Waals surface area contributed by atoms with E-state index in [9.17, 15) is 18.4 Å². The lowest BCUT2D eigenvalue weighted by Crippen LogP contribution is -2.40. The largest absolute Gasteiger partial charge is 0.493 e. The summed E-state index contributed by atoms with van der Waals surface area (Å²) in [6.45, 7) is -1.17. The predicted octanol–water partition coefficient (Wildman–Crippen LogP) is 5.33. The number of hydrazone groups is 1. The monoisotopic (exact) mass is 529 g/mol. The van der Waals surface area contributed by atoms with Gasteiger partial charge in [-0.2, -0.15) is 13.9 Å². The molecule has 1 heterocycles. The summed E-state index contributed by atoms with van der Waals surface area (Å²) in [7, 11) is 1.49. The summed E-state index contributed by atoms with van der Waals surface area (Å²) < 4.78 is 40.4. The SMILES string of the molecule is COc1cc(/C=N\N2C(=O)N[C@](C)(c3ccc(OC(F)F)cc3)C2=O)ccc1OCc1ccc(Cl)cc1. The van der Waals surface area contributed by atoms with Gasteiger partial charge in [-0.25, -0.2) is 4.79 Å². The van der Waals surface area contributed by atoms with Crippen LogP contribution in [0.5, 0.6) is 17.2 Å². The third-order valence-electron chi connectivity index (χ3n) is 5.64. The van der Waals surface area contributed by atoms with Crippen LogP contribution in [-0.2, 0) is 16.9 Å². The zero-order valence-electron chi connectivity index (χ0n) is 19.8. The van der Waals surface area contributed by atoms with Crippen molar-refractivity contribution in [2.24, 2.45) is 5.10 Å². The number of carbonyl (C=O) groups excluding carboxylic acids is 2. The highest BCUT2D eigenvalue weighted by molar-refractivity contribution is 6.30. The molecule has 3 amide bonds. The number of hydrogen-bond donors (Lipinski definition) is 1. The third-order valence-corrected chi connectivity index (χ3v) is 5.90. The average molecular weight is 530 g/mol. The van der Waals surface area contributed by atoms with E-state index in [1.807, 2.05) is 12.1 Å². The Kier molecular flexibility index (Phi) is 7.58. The maximum atomic E-state index is 13.1. The van der Waals surface area contributed by atoms with Crippen LogP contribution < -0.4 is 19.5 Å². The molecule has 1 aliphatic heterocycles. The standard InChI is InChI=1S/C26H22ClF2N3O5/c1-26(18-6-10-20(11-7-18)37-24(28)29)23(33)32(25(34)31-26)30-14-17-5-12-21(22(13-17)35-2)36-15-16-3-8-19(27)9-4-16/h3-14,24H,15H2,1-2H3,(H,31,34)/b30-14-/t26-/m1/s1. The Balaban J connectivity index is 1.46. The first-order chi connectivity index (χ1) is 17.7. The van der Waals surface area contributed by atoms with Crippen molar-refractivity contribution in [3.63, 3.8) is 0 Å². The second kappa shape index (κ2) is 10.8. The number of amides is 3. The van der Waals surface area contributed by atoms with Crippen molar-refractivity contribution in [2.75, 3.05) is 7.11 Å². The van der Waals surface area contributed by atoms with E-state index in [0.717, 1.165) is 5.56 Å². The molecule has 3 aromatic rings.